The summed E-state index contributed by atoms with van der Waals surface area (Å²) in [7, 11) is 0. The van der Waals surface area contributed by atoms with E-state index in [1.54, 1.807) is 6.20 Å². The van der Waals surface area contributed by atoms with Gasteiger partial charge in [0.05, 0.1) is 11.4 Å². The molecule has 0 saturated heterocycles. The normalized spacial score (nSPS) is 17.5. The van der Waals surface area contributed by atoms with E-state index in [1.807, 2.05) is 25.1 Å². The number of hydrogen-bond donors (Lipinski definition) is 1. The molecule has 1 aromatic rings. The van der Waals surface area contributed by atoms with Gasteiger partial charge in [-0.05, 0) is 31.9 Å². The van der Waals surface area contributed by atoms with Crippen LogP contribution in [0.3, 0.4) is 0 Å². The van der Waals surface area contributed by atoms with Gasteiger partial charge in [-0.2, -0.15) is 5.10 Å². The van der Waals surface area contributed by atoms with Crippen molar-refractivity contribution in [2.75, 3.05) is 0 Å². The zero-order valence-electron chi connectivity index (χ0n) is 10.7. The number of amides is 1. The molecule has 0 spiro atoms. The van der Waals surface area contributed by atoms with Crippen molar-refractivity contribution >= 4 is 11.6 Å². The van der Waals surface area contributed by atoms with Gasteiger partial charge >= 0.3 is 0 Å². The van der Waals surface area contributed by atoms with Gasteiger partial charge in [0.25, 0.3) is 0 Å². The SMILES string of the molecule is C/C(=N\NC(=O)C1CCCCC1)c1ccccn1. The van der Waals surface area contributed by atoms with Crippen LogP contribution in [0, 0.1) is 5.92 Å². The molecule has 1 aromatic heterocycles. The molecule has 1 aliphatic carbocycles. The van der Waals surface area contributed by atoms with Gasteiger partial charge in [0.15, 0.2) is 0 Å². The van der Waals surface area contributed by atoms with Crippen LogP contribution < -0.4 is 5.43 Å². The second-order valence-electron chi connectivity index (χ2n) is 4.72. The molecule has 0 atom stereocenters. The van der Waals surface area contributed by atoms with Crippen molar-refractivity contribution in [2.45, 2.75) is 39.0 Å². The second kappa shape index (κ2) is 6.28. The van der Waals surface area contributed by atoms with Gasteiger partial charge in [-0.3, -0.25) is 9.78 Å². The summed E-state index contributed by atoms with van der Waals surface area (Å²) in [5.41, 5.74) is 4.19. The fourth-order valence-corrected chi connectivity index (χ4v) is 2.23. The van der Waals surface area contributed by atoms with E-state index in [0.717, 1.165) is 37.1 Å². The van der Waals surface area contributed by atoms with Crippen LogP contribution in [-0.2, 0) is 4.79 Å². The third-order valence-corrected chi connectivity index (χ3v) is 3.35. The highest BCUT2D eigenvalue weighted by atomic mass is 16.2. The van der Waals surface area contributed by atoms with E-state index >= 15 is 0 Å². The summed E-state index contributed by atoms with van der Waals surface area (Å²) in [6.45, 7) is 1.85. The molecule has 0 bridgehead atoms. The van der Waals surface area contributed by atoms with Crippen LogP contribution in [0.2, 0.25) is 0 Å². The number of aromatic nitrogens is 1. The summed E-state index contributed by atoms with van der Waals surface area (Å²) in [6, 6.07) is 5.65. The van der Waals surface area contributed by atoms with Crippen molar-refractivity contribution < 1.29 is 4.79 Å². The van der Waals surface area contributed by atoms with Crippen molar-refractivity contribution in [3.63, 3.8) is 0 Å². The average molecular weight is 245 g/mol. The third kappa shape index (κ3) is 3.39. The topological polar surface area (TPSA) is 54.4 Å². The molecule has 1 fully saturated rings. The maximum Gasteiger partial charge on any atom is 0.243 e. The Morgan fingerprint density at radius 2 is 2.11 bits per heavy atom. The molecule has 4 nitrogen and oxygen atoms in total. The summed E-state index contributed by atoms with van der Waals surface area (Å²) < 4.78 is 0. The Kier molecular flexibility index (Phi) is 4.45. The summed E-state index contributed by atoms with van der Waals surface area (Å²) in [5.74, 6) is 0.184. The zero-order valence-corrected chi connectivity index (χ0v) is 10.7. The van der Waals surface area contributed by atoms with Gasteiger partial charge in [-0.25, -0.2) is 5.43 Å². The summed E-state index contributed by atoms with van der Waals surface area (Å²) in [5, 5.41) is 4.12. The summed E-state index contributed by atoms with van der Waals surface area (Å²) in [6.07, 6.45) is 7.26. The summed E-state index contributed by atoms with van der Waals surface area (Å²) >= 11 is 0. The van der Waals surface area contributed by atoms with Crippen molar-refractivity contribution in [3.05, 3.63) is 30.1 Å². The summed E-state index contributed by atoms with van der Waals surface area (Å²) in [4.78, 5) is 16.1. The first-order chi connectivity index (χ1) is 8.77. The van der Waals surface area contributed by atoms with E-state index in [2.05, 4.69) is 15.5 Å². The monoisotopic (exact) mass is 245 g/mol. The molecule has 4 heteroatoms. The number of pyridine rings is 1. The van der Waals surface area contributed by atoms with Gasteiger partial charge in [0.1, 0.15) is 0 Å². The molecule has 1 saturated carbocycles. The van der Waals surface area contributed by atoms with Gasteiger partial charge in [0.2, 0.25) is 5.91 Å². The molecule has 1 heterocycles. The molecule has 2 rings (SSSR count). The third-order valence-electron chi connectivity index (χ3n) is 3.35. The van der Waals surface area contributed by atoms with Crippen LogP contribution in [0.5, 0.6) is 0 Å². The molecule has 1 aliphatic rings. The number of carbonyl (C=O) groups excluding carboxylic acids is 1. The maximum absolute atomic E-state index is 11.9. The Morgan fingerprint density at radius 3 is 2.78 bits per heavy atom. The highest BCUT2D eigenvalue weighted by Crippen LogP contribution is 2.23. The Hall–Kier alpha value is -1.71. The van der Waals surface area contributed by atoms with Crippen LogP contribution in [-0.4, -0.2) is 16.6 Å². The number of rotatable bonds is 3. The predicted molar refractivity (Wildman–Crippen MR) is 71.2 cm³/mol. The fraction of sp³-hybridized carbons (Fsp3) is 0.500. The lowest BCUT2D eigenvalue weighted by Crippen LogP contribution is -2.29. The Bertz CT molecular complexity index is 422. The highest BCUT2D eigenvalue weighted by molar-refractivity contribution is 5.97. The van der Waals surface area contributed by atoms with Crippen molar-refractivity contribution in [3.8, 4) is 0 Å². The van der Waals surface area contributed by atoms with Crippen molar-refractivity contribution in [1.29, 1.82) is 0 Å². The molecule has 0 aliphatic heterocycles. The van der Waals surface area contributed by atoms with Crippen LogP contribution in [0.15, 0.2) is 29.5 Å². The first-order valence-corrected chi connectivity index (χ1v) is 6.53. The Balaban J connectivity index is 1.91. The Morgan fingerprint density at radius 1 is 1.33 bits per heavy atom. The number of hydrazone groups is 1. The minimum atomic E-state index is 0.0463. The average Bonchev–Trinajstić information content (AvgIpc) is 2.46. The van der Waals surface area contributed by atoms with Gasteiger partial charge in [-0.15, -0.1) is 0 Å². The maximum atomic E-state index is 11.9. The van der Waals surface area contributed by atoms with E-state index in [-0.39, 0.29) is 11.8 Å². The zero-order chi connectivity index (χ0) is 12.8. The van der Waals surface area contributed by atoms with Crippen LogP contribution >= 0.6 is 0 Å². The lowest BCUT2D eigenvalue weighted by atomic mass is 9.89. The van der Waals surface area contributed by atoms with E-state index in [1.165, 1.54) is 6.42 Å². The van der Waals surface area contributed by atoms with Gasteiger partial charge in [-0.1, -0.05) is 25.3 Å². The molecule has 0 unspecified atom stereocenters. The minimum absolute atomic E-state index is 0.0463. The quantitative estimate of drug-likeness (QED) is 0.657. The molecule has 1 N–H and O–H groups in total. The Labute approximate surface area is 108 Å². The van der Waals surface area contributed by atoms with E-state index < -0.39 is 0 Å². The second-order valence-corrected chi connectivity index (χ2v) is 4.72. The molecule has 18 heavy (non-hydrogen) atoms. The number of carbonyl (C=O) groups is 1. The van der Waals surface area contributed by atoms with E-state index in [0.29, 0.717) is 0 Å². The molecule has 96 valence electrons. The van der Waals surface area contributed by atoms with Gasteiger partial charge in [0, 0.05) is 12.1 Å². The van der Waals surface area contributed by atoms with Gasteiger partial charge < -0.3 is 0 Å². The molecule has 1 amide bonds. The minimum Gasteiger partial charge on any atom is -0.273 e. The van der Waals surface area contributed by atoms with Crippen LogP contribution in [0.1, 0.15) is 44.7 Å². The first-order valence-electron chi connectivity index (χ1n) is 6.53. The molecule has 0 aromatic carbocycles. The number of nitrogens with zero attached hydrogens (tertiary/aromatic N) is 2. The predicted octanol–water partition coefficient (Wildman–Crippen LogP) is 2.50. The van der Waals surface area contributed by atoms with Crippen molar-refractivity contribution in [1.82, 2.24) is 10.4 Å². The van der Waals surface area contributed by atoms with Crippen LogP contribution in [0.25, 0.3) is 0 Å². The first kappa shape index (κ1) is 12.7. The molecular formula is C14H19N3O. The molecular weight excluding hydrogens is 226 g/mol. The lowest BCUT2D eigenvalue weighted by Gasteiger charge is -2.19. The molecule has 0 radical (unpaired) electrons. The van der Waals surface area contributed by atoms with E-state index in [9.17, 15) is 4.79 Å². The highest BCUT2D eigenvalue weighted by Gasteiger charge is 2.20. The van der Waals surface area contributed by atoms with Crippen molar-refractivity contribution in [2.24, 2.45) is 11.0 Å². The number of hydrogen-bond acceptors (Lipinski definition) is 3. The standard InChI is InChI=1S/C14H19N3O/c1-11(13-9-5-6-10-15-13)16-17-14(18)12-7-3-2-4-8-12/h5-6,9-10,12H,2-4,7-8H2,1H3,(H,17,18)/b16-11+. The van der Waals surface area contributed by atoms with Crippen LogP contribution in [0.4, 0.5) is 0 Å². The smallest absolute Gasteiger partial charge is 0.243 e. The largest absolute Gasteiger partial charge is 0.273 e. The fourth-order valence-electron chi connectivity index (χ4n) is 2.23. The number of nitrogens with one attached hydrogen (secondary N) is 1. The van der Waals surface area contributed by atoms with E-state index in [4.69, 9.17) is 0 Å². The lowest BCUT2D eigenvalue weighted by molar-refractivity contribution is -0.125.